The summed E-state index contributed by atoms with van der Waals surface area (Å²) in [6.07, 6.45) is 2.37. The molecule has 0 radical (unpaired) electrons. The van der Waals surface area contributed by atoms with Crippen LogP contribution in [-0.2, 0) is 15.6 Å². The number of rotatable bonds is 5. The first-order valence-electron chi connectivity index (χ1n) is 13.3. The summed E-state index contributed by atoms with van der Waals surface area (Å²) in [5.74, 6) is 0.259. The summed E-state index contributed by atoms with van der Waals surface area (Å²) < 4.78 is 10.6. The highest BCUT2D eigenvalue weighted by Gasteiger charge is 2.37. The van der Waals surface area contributed by atoms with Crippen molar-refractivity contribution < 1.29 is 14.3 Å². The highest BCUT2D eigenvalue weighted by Crippen LogP contribution is 2.48. The van der Waals surface area contributed by atoms with Crippen LogP contribution in [-0.4, -0.2) is 20.2 Å². The van der Waals surface area contributed by atoms with Crippen molar-refractivity contribution >= 4 is 5.97 Å². The molecule has 38 heavy (non-hydrogen) atoms. The van der Waals surface area contributed by atoms with Gasteiger partial charge in [0.1, 0.15) is 5.75 Å². The van der Waals surface area contributed by atoms with E-state index in [0.29, 0.717) is 11.3 Å². The van der Waals surface area contributed by atoms with Crippen LogP contribution in [0, 0.1) is 0 Å². The van der Waals surface area contributed by atoms with E-state index in [2.05, 4.69) is 94.4 Å². The first-order valence-corrected chi connectivity index (χ1v) is 13.3. The fraction of sp³-hybridized carbons (Fsp3) is 0.286. The summed E-state index contributed by atoms with van der Waals surface area (Å²) >= 11 is 0. The van der Waals surface area contributed by atoms with E-state index in [9.17, 15) is 4.79 Å². The maximum Gasteiger partial charge on any atom is 0.337 e. The largest absolute Gasteiger partial charge is 0.496 e. The minimum atomic E-state index is -0.380. The maximum absolute atomic E-state index is 12.1. The van der Waals surface area contributed by atoms with Gasteiger partial charge in [-0.1, -0.05) is 88.4 Å². The molecule has 5 rings (SSSR count). The second-order valence-electron chi connectivity index (χ2n) is 11.6. The molecule has 4 aromatic rings. The first kappa shape index (κ1) is 25.8. The third-order valence-corrected chi connectivity index (χ3v) is 8.20. The lowest BCUT2D eigenvalue weighted by molar-refractivity contribution is 0.0600. The number of esters is 1. The highest BCUT2D eigenvalue weighted by atomic mass is 16.5. The average molecular weight is 505 g/mol. The highest BCUT2D eigenvalue weighted by molar-refractivity contribution is 5.92. The molecule has 3 nitrogen and oxygen atoms in total. The molecule has 0 bridgehead atoms. The molecule has 1 aliphatic carbocycles. The Labute approximate surface area is 226 Å². The molecule has 194 valence electrons. The molecule has 1 aliphatic rings. The molecule has 0 aromatic heterocycles. The van der Waals surface area contributed by atoms with E-state index >= 15 is 0 Å². The molecule has 0 saturated carbocycles. The Hall–Kier alpha value is -3.85. The van der Waals surface area contributed by atoms with Crippen LogP contribution >= 0.6 is 0 Å². The van der Waals surface area contributed by atoms with Gasteiger partial charge in [0.15, 0.2) is 0 Å². The Kier molecular flexibility index (Phi) is 6.65. The molecule has 0 saturated heterocycles. The van der Waals surface area contributed by atoms with Crippen LogP contribution in [0.2, 0.25) is 0 Å². The summed E-state index contributed by atoms with van der Waals surface area (Å²) in [6.45, 7) is 9.46. The van der Waals surface area contributed by atoms with Crippen molar-refractivity contribution in [3.63, 3.8) is 0 Å². The minimum Gasteiger partial charge on any atom is -0.496 e. The number of benzene rings is 4. The van der Waals surface area contributed by atoms with Gasteiger partial charge in [-0.15, -0.1) is 0 Å². The molecule has 0 unspecified atom stereocenters. The normalized spacial score (nSPS) is 15.4. The maximum atomic E-state index is 12.1. The number of carbonyl (C=O) groups is 1. The minimum absolute atomic E-state index is 0.123. The summed E-state index contributed by atoms with van der Waals surface area (Å²) in [5, 5.41) is 0. The quantitative estimate of drug-likeness (QED) is 0.255. The van der Waals surface area contributed by atoms with Crippen LogP contribution in [0.15, 0.2) is 84.9 Å². The van der Waals surface area contributed by atoms with Gasteiger partial charge >= 0.3 is 5.97 Å². The molecule has 0 fully saturated rings. The number of hydrogen-bond acceptors (Lipinski definition) is 3. The Balaban J connectivity index is 1.71. The number of hydrogen-bond donors (Lipinski definition) is 0. The van der Waals surface area contributed by atoms with Gasteiger partial charge in [-0.3, -0.25) is 0 Å². The summed E-state index contributed by atoms with van der Waals surface area (Å²) in [6, 6.07) is 29.6. The van der Waals surface area contributed by atoms with Gasteiger partial charge in [0, 0.05) is 5.56 Å². The van der Waals surface area contributed by atoms with Gasteiger partial charge in [0.25, 0.3) is 0 Å². The number of methoxy groups -OCH3 is 2. The van der Waals surface area contributed by atoms with E-state index < -0.39 is 0 Å². The smallest absolute Gasteiger partial charge is 0.337 e. The lowest BCUT2D eigenvalue weighted by Crippen LogP contribution is -2.33. The fourth-order valence-corrected chi connectivity index (χ4v) is 5.75. The average Bonchev–Trinajstić information content (AvgIpc) is 2.94. The number of fused-ring (bicyclic) bond motifs is 1. The van der Waals surface area contributed by atoms with E-state index in [-0.39, 0.29) is 16.8 Å². The van der Waals surface area contributed by atoms with Crippen molar-refractivity contribution in [2.75, 3.05) is 14.2 Å². The zero-order valence-corrected chi connectivity index (χ0v) is 23.2. The van der Waals surface area contributed by atoms with E-state index in [1.807, 2.05) is 6.07 Å². The first-order chi connectivity index (χ1) is 18.1. The standard InChI is InChI=1S/C35H36O3/c1-34(2)18-19-35(3,4)31-21-25(14-17-30(31)34)29-20-24(12-15-27(29)23-10-8-7-9-11-23)28-16-13-26(33(36)38-6)22-32(28)37-5/h7-17,20-22H,18-19H2,1-6H3. The molecular formula is C35H36O3. The van der Waals surface area contributed by atoms with Crippen LogP contribution in [0.3, 0.4) is 0 Å². The zero-order chi connectivity index (χ0) is 27.1. The fourth-order valence-electron chi connectivity index (χ4n) is 5.75. The van der Waals surface area contributed by atoms with Crippen molar-refractivity contribution in [1.29, 1.82) is 0 Å². The van der Waals surface area contributed by atoms with Crippen LogP contribution in [0.25, 0.3) is 33.4 Å². The van der Waals surface area contributed by atoms with Gasteiger partial charge < -0.3 is 9.47 Å². The Morgan fingerprint density at radius 1 is 0.632 bits per heavy atom. The Morgan fingerprint density at radius 3 is 1.95 bits per heavy atom. The van der Waals surface area contributed by atoms with Crippen molar-refractivity contribution in [3.05, 3.63) is 102 Å². The molecule has 0 atom stereocenters. The van der Waals surface area contributed by atoms with Crippen molar-refractivity contribution in [1.82, 2.24) is 0 Å². The zero-order valence-electron chi connectivity index (χ0n) is 23.2. The molecule has 0 N–H and O–H groups in total. The molecule has 0 heterocycles. The van der Waals surface area contributed by atoms with Gasteiger partial charge in [-0.2, -0.15) is 0 Å². The van der Waals surface area contributed by atoms with E-state index in [4.69, 9.17) is 9.47 Å². The van der Waals surface area contributed by atoms with Gasteiger partial charge in [0.05, 0.1) is 19.8 Å². The number of carbonyl (C=O) groups excluding carboxylic acids is 1. The molecule has 0 amide bonds. The van der Waals surface area contributed by atoms with Gasteiger partial charge in [-0.25, -0.2) is 4.79 Å². The molecule has 0 aliphatic heterocycles. The van der Waals surface area contributed by atoms with E-state index in [1.165, 1.54) is 53.3 Å². The molecular weight excluding hydrogens is 468 g/mol. The lowest BCUT2D eigenvalue weighted by atomic mass is 9.63. The third kappa shape index (κ3) is 4.62. The second-order valence-corrected chi connectivity index (χ2v) is 11.6. The monoisotopic (exact) mass is 504 g/mol. The summed E-state index contributed by atoms with van der Waals surface area (Å²) in [4.78, 5) is 12.1. The predicted molar refractivity (Wildman–Crippen MR) is 156 cm³/mol. The molecule has 0 spiro atoms. The summed E-state index contributed by atoms with van der Waals surface area (Å²) in [7, 11) is 3.02. The van der Waals surface area contributed by atoms with Crippen LogP contribution < -0.4 is 4.74 Å². The number of ether oxygens (including phenoxy) is 2. The summed E-state index contributed by atoms with van der Waals surface area (Å²) in [5.41, 5.74) is 10.4. The van der Waals surface area contributed by atoms with Crippen molar-refractivity contribution in [2.24, 2.45) is 0 Å². The van der Waals surface area contributed by atoms with Gasteiger partial charge in [0.2, 0.25) is 0 Å². The van der Waals surface area contributed by atoms with Crippen LogP contribution in [0.1, 0.15) is 62.0 Å². The molecule has 3 heteroatoms. The predicted octanol–water partition coefficient (Wildman–Crippen LogP) is 8.83. The third-order valence-electron chi connectivity index (χ3n) is 8.20. The topological polar surface area (TPSA) is 35.5 Å². The Morgan fingerprint density at radius 2 is 1.26 bits per heavy atom. The van der Waals surface area contributed by atoms with E-state index in [1.54, 1.807) is 19.2 Å². The second kappa shape index (κ2) is 9.79. The van der Waals surface area contributed by atoms with Crippen LogP contribution in [0.4, 0.5) is 0 Å². The van der Waals surface area contributed by atoms with Crippen LogP contribution in [0.5, 0.6) is 5.75 Å². The SMILES string of the molecule is COC(=O)c1ccc(-c2ccc(-c3ccccc3)c(-c3ccc4c(c3)C(C)(C)CCC4(C)C)c2)c(OC)c1. The lowest BCUT2D eigenvalue weighted by Gasteiger charge is -2.42. The Bertz CT molecular complexity index is 1500. The van der Waals surface area contributed by atoms with Gasteiger partial charge in [-0.05, 0) is 86.9 Å². The van der Waals surface area contributed by atoms with E-state index in [0.717, 1.165) is 11.1 Å². The van der Waals surface area contributed by atoms with Crippen molar-refractivity contribution in [3.8, 4) is 39.1 Å². The van der Waals surface area contributed by atoms with Crippen molar-refractivity contribution in [2.45, 2.75) is 51.4 Å². The molecule has 4 aromatic carbocycles.